The summed E-state index contributed by atoms with van der Waals surface area (Å²) in [5, 5.41) is 4.23. The summed E-state index contributed by atoms with van der Waals surface area (Å²) in [4.78, 5) is 6.41. The Bertz CT molecular complexity index is 546. The number of benzene rings is 1. The highest BCUT2D eigenvalue weighted by molar-refractivity contribution is 6.30. The van der Waals surface area contributed by atoms with Crippen molar-refractivity contribution in [1.82, 2.24) is 14.9 Å². The van der Waals surface area contributed by atoms with Crippen LogP contribution in [0.4, 0.5) is 5.95 Å². The summed E-state index contributed by atoms with van der Waals surface area (Å²) >= 11 is 5.87. The van der Waals surface area contributed by atoms with Gasteiger partial charge in [-0.25, -0.2) is 4.98 Å². The van der Waals surface area contributed by atoms with E-state index in [1.165, 1.54) is 11.3 Å². The van der Waals surface area contributed by atoms with Gasteiger partial charge in [0.2, 0.25) is 5.95 Å². The zero-order valence-corrected chi connectivity index (χ0v) is 13.0. The van der Waals surface area contributed by atoms with Gasteiger partial charge in [-0.15, -0.1) is 0 Å². The predicted molar refractivity (Wildman–Crippen MR) is 84.4 cm³/mol. The van der Waals surface area contributed by atoms with Gasteiger partial charge in [-0.2, -0.15) is 0 Å². The first-order valence-electron chi connectivity index (χ1n) is 6.71. The molecule has 4 nitrogen and oxygen atoms in total. The third-order valence-corrected chi connectivity index (χ3v) is 3.52. The molecular formula is C15H21ClN4. The molecule has 0 aliphatic rings. The molecule has 0 amide bonds. The number of hydrogen-bond donors (Lipinski definition) is 1. The van der Waals surface area contributed by atoms with E-state index in [-0.39, 0.29) is 0 Å². The lowest BCUT2D eigenvalue weighted by Gasteiger charge is -2.12. The van der Waals surface area contributed by atoms with Gasteiger partial charge in [0, 0.05) is 32.7 Å². The maximum absolute atomic E-state index is 5.87. The molecule has 1 heterocycles. The van der Waals surface area contributed by atoms with E-state index >= 15 is 0 Å². The molecule has 0 unspecified atom stereocenters. The molecule has 0 spiro atoms. The van der Waals surface area contributed by atoms with E-state index in [0.29, 0.717) is 0 Å². The van der Waals surface area contributed by atoms with Crippen molar-refractivity contribution >= 4 is 17.5 Å². The molecule has 5 heteroatoms. The van der Waals surface area contributed by atoms with Crippen LogP contribution in [0.3, 0.4) is 0 Å². The van der Waals surface area contributed by atoms with Gasteiger partial charge in [0.25, 0.3) is 0 Å². The van der Waals surface area contributed by atoms with Gasteiger partial charge >= 0.3 is 0 Å². The monoisotopic (exact) mass is 292 g/mol. The van der Waals surface area contributed by atoms with Crippen LogP contribution in [0.2, 0.25) is 5.02 Å². The van der Waals surface area contributed by atoms with E-state index in [1.807, 2.05) is 44.4 Å². The molecule has 0 bridgehead atoms. The fourth-order valence-corrected chi connectivity index (χ4v) is 2.24. The first-order chi connectivity index (χ1) is 9.58. The van der Waals surface area contributed by atoms with Crippen molar-refractivity contribution in [2.75, 3.05) is 25.5 Å². The van der Waals surface area contributed by atoms with Gasteiger partial charge < -0.3 is 14.8 Å². The normalized spacial score (nSPS) is 10.8. The molecule has 2 aromatic rings. The fraction of sp³-hybridized carbons (Fsp3) is 0.400. The van der Waals surface area contributed by atoms with Crippen LogP contribution in [-0.2, 0) is 20.0 Å². The Labute approximate surface area is 125 Å². The van der Waals surface area contributed by atoms with Gasteiger partial charge in [0.15, 0.2) is 0 Å². The Morgan fingerprint density at radius 3 is 2.55 bits per heavy atom. The second-order valence-corrected chi connectivity index (χ2v) is 5.49. The van der Waals surface area contributed by atoms with Crippen LogP contribution in [0, 0.1) is 0 Å². The maximum atomic E-state index is 5.87. The van der Waals surface area contributed by atoms with Gasteiger partial charge in [0.05, 0.1) is 11.9 Å². The van der Waals surface area contributed by atoms with E-state index < -0.39 is 0 Å². The summed E-state index contributed by atoms with van der Waals surface area (Å²) in [6.07, 6.45) is 2.92. The number of anilines is 1. The minimum Gasteiger partial charge on any atom is -0.348 e. The first-order valence-corrected chi connectivity index (χ1v) is 7.09. The molecule has 1 aromatic carbocycles. The highest BCUT2D eigenvalue weighted by atomic mass is 35.5. The minimum atomic E-state index is 0.785. The number of nitrogens with zero attached hydrogens (tertiary/aromatic N) is 3. The third-order valence-electron chi connectivity index (χ3n) is 3.27. The van der Waals surface area contributed by atoms with Gasteiger partial charge in [-0.3, -0.25) is 0 Å². The predicted octanol–water partition coefficient (Wildman–Crippen LogP) is 2.47. The number of aromatic nitrogens is 2. The summed E-state index contributed by atoms with van der Waals surface area (Å²) in [6.45, 7) is 1.76. The largest absolute Gasteiger partial charge is 0.348 e. The zero-order chi connectivity index (χ0) is 14.5. The van der Waals surface area contributed by atoms with Gasteiger partial charge in [-0.1, -0.05) is 23.7 Å². The molecule has 2 rings (SSSR count). The van der Waals surface area contributed by atoms with E-state index in [1.54, 1.807) is 0 Å². The molecule has 0 saturated carbocycles. The summed E-state index contributed by atoms with van der Waals surface area (Å²) < 4.78 is 2.11. The Kier molecular flexibility index (Phi) is 5.04. The topological polar surface area (TPSA) is 33.1 Å². The zero-order valence-electron chi connectivity index (χ0n) is 12.2. The van der Waals surface area contributed by atoms with Crippen LogP contribution in [0.1, 0.15) is 11.3 Å². The van der Waals surface area contributed by atoms with E-state index in [4.69, 9.17) is 11.6 Å². The Morgan fingerprint density at radius 2 is 1.95 bits per heavy atom. The molecule has 20 heavy (non-hydrogen) atoms. The number of imidazole rings is 1. The molecule has 1 N–H and O–H groups in total. The molecule has 0 aliphatic heterocycles. The van der Waals surface area contributed by atoms with Gasteiger partial charge in [-0.05, 0) is 30.7 Å². The van der Waals surface area contributed by atoms with Crippen LogP contribution in [0.5, 0.6) is 0 Å². The standard InChI is InChI=1S/C15H21ClN4/c1-19(2)15-18-11-14(20(15)3)10-17-9-8-12-4-6-13(16)7-5-12/h4-7,11,17H,8-10H2,1-3H3. The Morgan fingerprint density at radius 1 is 1.25 bits per heavy atom. The quantitative estimate of drug-likeness (QED) is 0.831. The summed E-state index contributed by atoms with van der Waals surface area (Å²) in [5.74, 6) is 0.972. The van der Waals surface area contributed by atoms with E-state index in [2.05, 4.69) is 27.0 Å². The fourth-order valence-electron chi connectivity index (χ4n) is 2.11. The van der Waals surface area contributed by atoms with Crippen LogP contribution in [0.15, 0.2) is 30.5 Å². The summed E-state index contributed by atoms with van der Waals surface area (Å²) in [6, 6.07) is 8.00. The van der Waals surface area contributed by atoms with Crippen molar-refractivity contribution in [1.29, 1.82) is 0 Å². The van der Waals surface area contributed by atoms with Crippen molar-refractivity contribution in [3.63, 3.8) is 0 Å². The van der Waals surface area contributed by atoms with Crippen molar-refractivity contribution in [2.24, 2.45) is 7.05 Å². The molecule has 108 valence electrons. The molecule has 0 fully saturated rings. The van der Waals surface area contributed by atoms with Crippen LogP contribution >= 0.6 is 11.6 Å². The number of halogens is 1. The number of nitrogens with one attached hydrogen (secondary N) is 1. The summed E-state index contributed by atoms with van der Waals surface area (Å²) in [7, 11) is 6.04. The van der Waals surface area contributed by atoms with Crippen molar-refractivity contribution in [3.8, 4) is 0 Å². The molecular weight excluding hydrogens is 272 g/mol. The molecule has 0 saturated heterocycles. The maximum Gasteiger partial charge on any atom is 0.204 e. The average Bonchev–Trinajstić information content (AvgIpc) is 2.78. The number of rotatable bonds is 6. The smallest absolute Gasteiger partial charge is 0.204 e. The van der Waals surface area contributed by atoms with E-state index in [0.717, 1.165) is 30.5 Å². The van der Waals surface area contributed by atoms with Crippen LogP contribution in [-0.4, -0.2) is 30.2 Å². The second kappa shape index (κ2) is 6.77. The van der Waals surface area contributed by atoms with E-state index in [9.17, 15) is 0 Å². The SMILES string of the molecule is CN(C)c1ncc(CNCCc2ccc(Cl)cc2)n1C. The van der Waals surface area contributed by atoms with Crippen molar-refractivity contribution in [2.45, 2.75) is 13.0 Å². The Balaban J connectivity index is 1.80. The van der Waals surface area contributed by atoms with Crippen molar-refractivity contribution in [3.05, 3.63) is 46.7 Å². The lowest BCUT2D eigenvalue weighted by Crippen LogP contribution is -2.20. The second-order valence-electron chi connectivity index (χ2n) is 5.06. The third kappa shape index (κ3) is 3.74. The van der Waals surface area contributed by atoms with Crippen molar-refractivity contribution < 1.29 is 0 Å². The highest BCUT2D eigenvalue weighted by Crippen LogP contribution is 2.11. The molecule has 0 aliphatic carbocycles. The van der Waals surface area contributed by atoms with Crippen LogP contribution < -0.4 is 10.2 Å². The molecule has 0 atom stereocenters. The lowest BCUT2D eigenvalue weighted by atomic mass is 10.1. The summed E-state index contributed by atoms with van der Waals surface area (Å²) in [5.41, 5.74) is 2.48. The Hall–Kier alpha value is -1.52. The molecule has 1 aromatic heterocycles. The minimum absolute atomic E-state index is 0.785. The van der Waals surface area contributed by atoms with Gasteiger partial charge in [0.1, 0.15) is 0 Å². The average molecular weight is 293 g/mol. The highest BCUT2D eigenvalue weighted by Gasteiger charge is 2.07. The first kappa shape index (κ1) is 14.9. The lowest BCUT2D eigenvalue weighted by molar-refractivity contribution is 0.652. The molecule has 0 radical (unpaired) electrons. The number of hydrogen-bond acceptors (Lipinski definition) is 3. The van der Waals surface area contributed by atoms with Crippen LogP contribution in [0.25, 0.3) is 0 Å².